The minimum Gasteiger partial charge on any atom is -0.454 e. The molecule has 4 heteroatoms. The van der Waals surface area contributed by atoms with E-state index in [0.717, 1.165) is 39.7 Å². The summed E-state index contributed by atoms with van der Waals surface area (Å²) in [4.78, 5) is 4.66. The highest BCUT2D eigenvalue weighted by molar-refractivity contribution is 7.14. The van der Waals surface area contributed by atoms with Gasteiger partial charge in [0, 0.05) is 16.5 Å². The standard InChI is InChI=1S/C21H20N2OS/c1-2-3-6-15-9-11-17(12-10-15)22-21-23-18(14-25-21)20-13-16-7-4-5-8-19(16)24-20/h4-5,7-14H,2-3,6H2,1H3,(H,22,23). The molecule has 0 spiro atoms. The first-order valence-electron chi connectivity index (χ1n) is 8.62. The van der Waals surface area contributed by atoms with Crippen LogP contribution in [0.3, 0.4) is 0 Å². The average Bonchev–Trinajstić information content (AvgIpc) is 3.27. The third-order valence-corrected chi connectivity index (χ3v) is 4.96. The topological polar surface area (TPSA) is 38.1 Å². The van der Waals surface area contributed by atoms with E-state index in [-0.39, 0.29) is 0 Å². The number of unbranched alkanes of at least 4 members (excludes halogenated alkanes) is 1. The highest BCUT2D eigenvalue weighted by atomic mass is 32.1. The van der Waals surface area contributed by atoms with Crippen molar-refractivity contribution in [3.63, 3.8) is 0 Å². The number of para-hydroxylation sites is 1. The predicted molar refractivity (Wildman–Crippen MR) is 106 cm³/mol. The van der Waals surface area contributed by atoms with E-state index in [1.54, 1.807) is 11.3 Å². The van der Waals surface area contributed by atoms with Gasteiger partial charge in [0.25, 0.3) is 0 Å². The molecule has 25 heavy (non-hydrogen) atoms. The van der Waals surface area contributed by atoms with Gasteiger partial charge in [-0.15, -0.1) is 11.3 Å². The van der Waals surface area contributed by atoms with Crippen LogP contribution < -0.4 is 5.32 Å². The third-order valence-electron chi connectivity index (χ3n) is 4.21. The third kappa shape index (κ3) is 3.59. The summed E-state index contributed by atoms with van der Waals surface area (Å²) in [5.41, 5.74) is 4.20. The minimum atomic E-state index is 0.806. The summed E-state index contributed by atoms with van der Waals surface area (Å²) in [5, 5.41) is 7.37. The summed E-state index contributed by atoms with van der Waals surface area (Å²) in [7, 11) is 0. The molecule has 0 atom stereocenters. The fourth-order valence-electron chi connectivity index (χ4n) is 2.81. The predicted octanol–water partition coefficient (Wildman–Crippen LogP) is 6.64. The van der Waals surface area contributed by atoms with Gasteiger partial charge in [-0.3, -0.25) is 0 Å². The van der Waals surface area contributed by atoms with Gasteiger partial charge in [0.05, 0.1) is 0 Å². The van der Waals surface area contributed by atoms with E-state index in [9.17, 15) is 0 Å². The first-order valence-corrected chi connectivity index (χ1v) is 9.50. The Morgan fingerprint density at radius 3 is 2.72 bits per heavy atom. The van der Waals surface area contributed by atoms with Gasteiger partial charge in [0.1, 0.15) is 11.3 Å². The lowest BCUT2D eigenvalue weighted by atomic mass is 10.1. The molecule has 0 bridgehead atoms. The van der Waals surface area contributed by atoms with E-state index >= 15 is 0 Å². The van der Waals surface area contributed by atoms with E-state index in [1.165, 1.54) is 18.4 Å². The molecule has 0 aliphatic carbocycles. The largest absolute Gasteiger partial charge is 0.454 e. The van der Waals surface area contributed by atoms with Crippen LogP contribution in [-0.2, 0) is 6.42 Å². The Kier molecular flexibility index (Phi) is 4.53. The minimum absolute atomic E-state index is 0.806. The molecular formula is C21H20N2OS. The highest BCUT2D eigenvalue weighted by Gasteiger charge is 2.10. The van der Waals surface area contributed by atoms with Gasteiger partial charge in [-0.1, -0.05) is 43.7 Å². The first kappa shape index (κ1) is 15.9. The zero-order valence-electron chi connectivity index (χ0n) is 14.2. The van der Waals surface area contributed by atoms with Crippen molar-refractivity contribution >= 4 is 33.1 Å². The molecule has 0 aliphatic heterocycles. The maximum absolute atomic E-state index is 5.89. The fraction of sp³-hybridized carbons (Fsp3) is 0.190. The van der Waals surface area contributed by atoms with Crippen LogP contribution in [0.2, 0.25) is 0 Å². The molecule has 0 fully saturated rings. The molecule has 0 radical (unpaired) electrons. The Hall–Kier alpha value is -2.59. The van der Waals surface area contributed by atoms with Crippen molar-refractivity contribution < 1.29 is 4.42 Å². The summed E-state index contributed by atoms with van der Waals surface area (Å²) in [6, 6.07) is 18.7. The van der Waals surface area contributed by atoms with Gasteiger partial charge < -0.3 is 9.73 Å². The maximum Gasteiger partial charge on any atom is 0.187 e. The maximum atomic E-state index is 5.89. The van der Waals surface area contributed by atoms with Crippen molar-refractivity contribution in [1.29, 1.82) is 0 Å². The van der Waals surface area contributed by atoms with Gasteiger partial charge in [-0.2, -0.15) is 0 Å². The fourth-order valence-corrected chi connectivity index (χ4v) is 3.53. The first-order chi connectivity index (χ1) is 12.3. The van der Waals surface area contributed by atoms with E-state index in [1.807, 2.05) is 35.7 Å². The van der Waals surface area contributed by atoms with E-state index in [0.29, 0.717) is 0 Å². The number of rotatable bonds is 6. The summed E-state index contributed by atoms with van der Waals surface area (Å²) < 4.78 is 5.89. The van der Waals surface area contributed by atoms with Gasteiger partial charge in [-0.05, 0) is 42.7 Å². The summed E-state index contributed by atoms with van der Waals surface area (Å²) >= 11 is 1.58. The number of nitrogens with one attached hydrogen (secondary N) is 1. The molecule has 2 aromatic carbocycles. The lowest BCUT2D eigenvalue weighted by Gasteiger charge is -2.04. The second-order valence-electron chi connectivity index (χ2n) is 6.11. The summed E-state index contributed by atoms with van der Waals surface area (Å²) in [5.74, 6) is 0.806. The van der Waals surface area contributed by atoms with Crippen LogP contribution in [0.4, 0.5) is 10.8 Å². The molecule has 0 saturated heterocycles. The van der Waals surface area contributed by atoms with Crippen LogP contribution in [0.1, 0.15) is 25.3 Å². The Morgan fingerprint density at radius 2 is 1.92 bits per heavy atom. The van der Waals surface area contributed by atoms with Crippen LogP contribution in [0.25, 0.3) is 22.4 Å². The number of fused-ring (bicyclic) bond motifs is 1. The van der Waals surface area contributed by atoms with Gasteiger partial charge in [-0.25, -0.2) is 4.98 Å². The SMILES string of the molecule is CCCCc1ccc(Nc2nc(-c3cc4ccccc4o3)cs2)cc1. The smallest absolute Gasteiger partial charge is 0.187 e. The number of anilines is 2. The van der Waals surface area contributed by atoms with E-state index < -0.39 is 0 Å². The van der Waals surface area contributed by atoms with Crippen molar-refractivity contribution in [2.24, 2.45) is 0 Å². The lowest BCUT2D eigenvalue weighted by Crippen LogP contribution is -1.91. The molecule has 2 aromatic heterocycles. The van der Waals surface area contributed by atoms with Crippen LogP contribution in [0, 0.1) is 0 Å². The Balaban J connectivity index is 1.49. The lowest BCUT2D eigenvalue weighted by molar-refractivity contribution is 0.629. The van der Waals surface area contributed by atoms with Crippen LogP contribution >= 0.6 is 11.3 Å². The van der Waals surface area contributed by atoms with Crippen molar-refractivity contribution in [1.82, 2.24) is 4.98 Å². The second kappa shape index (κ2) is 7.11. The molecule has 0 amide bonds. The number of hydrogen-bond donors (Lipinski definition) is 1. The molecule has 4 aromatic rings. The van der Waals surface area contributed by atoms with Crippen LogP contribution in [0.15, 0.2) is 64.4 Å². The molecule has 0 unspecified atom stereocenters. The van der Waals surface area contributed by atoms with E-state index in [4.69, 9.17) is 4.42 Å². The van der Waals surface area contributed by atoms with Crippen molar-refractivity contribution in [2.75, 3.05) is 5.32 Å². The van der Waals surface area contributed by atoms with E-state index in [2.05, 4.69) is 41.5 Å². The molecule has 2 heterocycles. The van der Waals surface area contributed by atoms with Crippen molar-refractivity contribution in [3.05, 3.63) is 65.5 Å². The molecule has 126 valence electrons. The van der Waals surface area contributed by atoms with Gasteiger partial charge in [0.15, 0.2) is 10.9 Å². The number of thiazole rings is 1. The number of nitrogens with zero attached hydrogens (tertiary/aromatic N) is 1. The number of aromatic nitrogens is 1. The quantitative estimate of drug-likeness (QED) is 0.424. The molecule has 0 saturated carbocycles. The van der Waals surface area contributed by atoms with Gasteiger partial charge >= 0.3 is 0 Å². The highest BCUT2D eigenvalue weighted by Crippen LogP contribution is 2.31. The van der Waals surface area contributed by atoms with Crippen molar-refractivity contribution in [2.45, 2.75) is 26.2 Å². The number of benzene rings is 2. The second-order valence-corrected chi connectivity index (χ2v) is 6.97. The molecule has 4 rings (SSSR count). The normalized spacial score (nSPS) is 11.1. The average molecular weight is 348 g/mol. The molecule has 1 N–H and O–H groups in total. The van der Waals surface area contributed by atoms with Crippen LogP contribution in [-0.4, -0.2) is 4.98 Å². The summed E-state index contributed by atoms with van der Waals surface area (Å²) in [6.45, 7) is 2.22. The number of furan rings is 1. The van der Waals surface area contributed by atoms with Crippen molar-refractivity contribution in [3.8, 4) is 11.5 Å². The Labute approximate surface area is 151 Å². The number of aryl methyl sites for hydroxylation is 1. The Morgan fingerprint density at radius 1 is 1.08 bits per heavy atom. The Bertz CT molecular complexity index is 936. The molecule has 3 nitrogen and oxygen atoms in total. The monoisotopic (exact) mass is 348 g/mol. The number of hydrogen-bond acceptors (Lipinski definition) is 4. The zero-order valence-corrected chi connectivity index (χ0v) is 15.0. The summed E-state index contributed by atoms with van der Waals surface area (Å²) in [6.07, 6.45) is 3.61. The zero-order chi connectivity index (χ0) is 17.1. The van der Waals surface area contributed by atoms with Crippen LogP contribution in [0.5, 0.6) is 0 Å². The molecular weight excluding hydrogens is 328 g/mol. The van der Waals surface area contributed by atoms with Gasteiger partial charge in [0.2, 0.25) is 0 Å². The molecule has 0 aliphatic rings.